The minimum Gasteiger partial charge on any atom is -0.346 e. The van der Waals surface area contributed by atoms with E-state index in [0.29, 0.717) is 10.0 Å². The van der Waals surface area contributed by atoms with Crippen molar-refractivity contribution in [1.82, 2.24) is 15.5 Å². The second-order valence-corrected chi connectivity index (χ2v) is 7.57. The first-order valence-electron chi connectivity index (χ1n) is 7.50. The third-order valence-electron chi connectivity index (χ3n) is 3.33. The van der Waals surface area contributed by atoms with Crippen molar-refractivity contribution < 1.29 is 9.18 Å². The second-order valence-electron chi connectivity index (χ2n) is 5.27. The number of nitrogens with zero attached hydrogens (tertiary/aromatic N) is 2. The fourth-order valence-electron chi connectivity index (χ4n) is 2.08. The standard InChI is InChI=1S/C18H12BrClFN3OS/c19-13-3-1-2-12(8-13)9-15(20)17-23-24-18(26-17)16(25)22-10-11-4-6-14(21)7-5-11/h1-9H,10H2,(H,22,25)/b15-9-. The van der Waals surface area contributed by atoms with Crippen LogP contribution in [0.15, 0.2) is 53.0 Å². The Balaban J connectivity index is 1.66. The number of amides is 1. The van der Waals surface area contributed by atoms with E-state index in [4.69, 9.17) is 11.6 Å². The highest BCUT2D eigenvalue weighted by Gasteiger charge is 2.14. The largest absolute Gasteiger partial charge is 0.346 e. The van der Waals surface area contributed by atoms with E-state index in [1.807, 2.05) is 24.3 Å². The quantitative estimate of drug-likeness (QED) is 0.585. The van der Waals surface area contributed by atoms with Crippen molar-refractivity contribution in [3.63, 3.8) is 0 Å². The van der Waals surface area contributed by atoms with Gasteiger partial charge in [-0.2, -0.15) is 0 Å². The fraction of sp³-hybridized carbons (Fsp3) is 0.0556. The topological polar surface area (TPSA) is 54.9 Å². The van der Waals surface area contributed by atoms with E-state index >= 15 is 0 Å². The lowest BCUT2D eigenvalue weighted by Gasteiger charge is -2.02. The van der Waals surface area contributed by atoms with Crippen molar-refractivity contribution >= 4 is 55.9 Å². The van der Waals surface area contributed by atoms with E-state index in [1.54, 1.807) is 18.2 Å². The lowest BCUT2D eigenvalue weighted by Crippen LogP contribution is -2.22. The van der Waals surface area contributed by atoms with Crippen molar-refractivity contribution in [2.45, 2.75) is 6.54 Å². The van der Waals surface area contributed by atoms with Crippen LogP contribution < -0.4 is 5.32 Å². The number of hydrogen-bond acceptors (Lipinski definition) is 4. The molecule has 0 spiro atoms. The Morgan fingerprint density at radius 3 is 2.65 bits per heavy atom. The number of hydrogen-bond donors (Lipinski definition) is 1. The molecule has 8 heteroatoms. The Morgan fingerprint density at radius 1 is 1.19 bits per heavy atom. The number of carbonyl (C=O) groups is 1. The SMILES string of the molecule is O=C(NCc1ccc(F)cc1)c1nnc(/C(Cl)=C/c2cccc(Br)c2)s1. The summed E-state index contributed by atoms with van der Waals surface area (Å²) in [4.78, 5) is 12.2. The molecule has 1 N–H and O–H groups in total. The van der Waals surface area contributed by atoms with Gasteiger partial charge in [-0.25, -0.2) is 4.39 Å². The average molecular weight is 453 g/mol. The molecule has 0 saturated heterocycles. The molecular weight excluding hydrogens is 441 g/mol. The molecule has 0 aliphatic carbocycles. The highest BCUT2D eigenvalue weighted by molar-refractivity contribution is 9.10. The van der Waals surface area contributed by atoms with E-state index in [-0.39, 0.29) is 23.3 Å². The highest BCUT2D eigenvalue weighted by atomic mass is 79.9. The molecule has 3 rings (SSSR count). The first kappa shape index (κ1) is 18.7. The Morgan fingerprint density at radius 2 is 1.92 bits per heavy atom. The summed E-state index contributed by atoms with van der Waals surface area (Å²) in [7, 11) is 0. The third kappa shape index (κ3) is 4.97. The Labute approximate surface area is 166 Å². The Hall–Kier alpha value is -2.09. The van der Waals surface area contributed by atoms with Crippen LogP contribution in [0.1, 0.15) is 25.9 Å². The molecule has 0 fully saturated rings. The van der Waals surface area contributed by atoms with Gasteiger partial charge in [-0.1, -0.05) is 63.1 Å². The maximum absolute atomic E-state index is 12.9. The van der Waals surface area contributed by atoms with Crippen molar-refractivity contribution in [2.75, 3.05) is 0 Å². The predicted molar refractivity (Wildman–Crippen MR) is 105 cm³/mol. The molecule has 0 aliphatic heterocycles. The minimum atomic E-state index is -0.356. The van der Waals surface area contributed by atoms with Gasteiger partial charge < -0.3 is 5.32 Å². The normalized spacial score (nSPS) is 11.4. The number of halogens is 3. The van der Waals surface area contributed by atoms with E-state index in [0.717, 1.165) is 26.9 Å². The lowest BCUT2D eigenvalue weighted by molar-refractivity contribution is 0.0950. The van der Waals surface area contributed by atoms with Gasteiger partial charge in [-0.15, -0.1) is 10.2 Å². The van der Waals surface area contributed by atoms with Crippen LogP contribution in [0.2, 0.25) is 0 Å². The van der Waals surface area contributed by atoms with Crippen molar-refractivity contribution in [2.24, 2.45) is 0 Å². The molecule has 0 unspecified atom stereocenters. The summed E-state index contributed by atoms with van der Waals surface area (Å²) >= 11 is 10.8. The molecule has 3 aromatic rings. The van der Waals surface area contributed by atoms with E-state index in [9.17, 15) is 9.18 Å². The molecule has 0 radical (unpaired) electrons. The van der Waals surface area contributed by atoms with Crippen molar-refractivity contribution in [3.8, 4) is 0 Å². The summed E-state index contributed by atoms with van der Waals surface area (Å²) in [5.41, 5.74) is 1.69. The highest BCUT2D eigenvalue weighted by Crippen LogP contribution is 2.26. The first-order valence-corrected chi connectivity index (χ1v) is 9.49. The molecule has 0 atom stereocenters. The van der Waals surface area contributed by atoms with Crippen molar-refractivity contribution in [3.05, 3.63) is 80.0 Å². The van der Waals surface area contributed by atoms with E-state index in [2.05, 4.69) is 31.4 Å². The van der Waals surface area contributed by atoms with Gasteiger partial charge in [0.25, 0.3) is 5.91 Å². The van der Waals surface area contributed by atoms with Crippen LogP contribution in [-0.4, -0.2) is 16.1 Å². The molecule has 0 saturated carbocycles. The average Bonchev–Trinajstić information content (AvgIpc) is 3.11. The number of rotatable bonds is 5. The van der Waals surface area contributed by atoms with Crippen LogP contribution in [0.25, 0.3) is 11.1 Å². The Bertz CT molecular complexity index is 959. The molecule has 0 bridgehead atoms. The van der Waals surface area contributed by atoms with Crippen LogP contribution in [-0.2, 0) is 6.54 Å². The maximum Gasteiger partial charge on any atom is 0.282 e. The van der Waals surface area contributed by atoms with Crippen LogP contribution in [0, 0.1) is 5.82 Å². The van der Waals surface area contributed by atoms with Gasteiger partial charge in [-0.3, -0.25) is 4.79 Å². The van der Waals surface area contributed by atoms with Crippen LogP contribution in [0.5, 0.6) is 0 Å². The van der Waals surface area contributed by atoms with Gasteiger partial charge >= 0.3 is 0 Å². The summed E-state index contributed by atoms with van der Waals surface area (Å²) in [6.45, 7) is 0.273. The number of benzene rings is 2. The first-order chi connectivity index (χ1) is 12.5. The molecule has 1 amide bonds. The minimum absolute atomic E-state index is 0.211. The zero-order chi connectivity index (χ0) is 18.5. The van der Waals surface area contributed by atoms with Gasteiger partial charge in [-0.05, 0) is 41.5 Å². The molecule has 4 nitrogen and oxygen atoms in total. The third-order valence-corrected chi connectivity index (χ3v) is 5.18. The summed E-state index contributed by atoms with van der Waals surface area (Å²) in [5.74, 6) is -0.675. The number of nitrogens with one attached hydrogen (secondary N) is 1. The zero-order valence-corrected chi connectivity index (χ0v) is 16.4. The summed E-state index contributed by atoms with van der Waals surface area (Å²) in [5, 5.41) is 11.6. The summed E-state index contributed by atoms with van der Waals surface area (Å²) < 4.78 is 13.8. The molecule has 2 aromatic carbocycles. The van der Waals surface area contributed by atoms with Crippen LogP contribution >= 0.6 is 38.9 Å². The van der Waals surface area contributed by atoms with Gasteiger partial charge in [0.15, 0.2) is 5.01 Å². The molecule has 1 heterocycles. The fourth-order valence-corrected chi connectivity index (χ4v) is 3.44. The predicted octanol–water partition coefficient (Wildman–Crippen LogP) is 5.11. The van der Waals surface area contributed by atoms with Crippen LogP contribution in [0.3, 0.4) is 0 Å². The second kappa shape index (κ2) is 8.53. The molecular formula is C18H12BrClFN3OS. The Kier molecular flexibility index (Phi) is 6.13. The van der Waals surface area contributed by atoms with E-state index < -0.39 is 0 Å². The smallest absolute Gasteiger partial charge is 0.282 e. The van der Waals surface area contributed by atoms with Crippen molar-refractivity contribution in [1.29, 1.82) is 0 Å². The number of aromatic nitrogens is 2. The molecule has 26 heavy (non-hydrogen) atoms. The molecule has 132 valence electrons. The maximum atomic E-state index is 12.9. The lowest BCUT2D eigenvalue weighted by atomic mass is 10.2. The molecule has 0 aliphatic rings. The van der Waals surface area contributed by atoms with Crippen LogP contribution in [0.4, 0.5) is 4.39 Å². The number of carbonyl (C=O) groups excluding carboxylic acids is 1. The van der Waals surface area contributed by atoms with Gasteiger partial charge in [0.1, 0.15) is 5.82 Å². The zero-order valence-electron chi connectivity index (χ0n) is 13.2. The van der Waals surface area contributed by atoms with Gasteiger partial charge in [0.05, 0.1) is 5.03 Å². The van der Waals surface area contributed by atoms with E-state index in [1.165, 1.54) is 12.1 Å². The van der Waals surface area contributed by atoms with Gasteiger partial charge in [0.2, 0.25) is 5.01 Å². The molecule has 1 aromatic heterocycles. The summed E-state index contributed by atoms with van der Waals surface area (Å²) in [6, 6.07) is 13.5. The van der Waals surface area contributed by atoms with Gasteiger partial charge in [0, 0.05) is 11.0 Å². The summed E-state index contributed by atoms with van der Waals surface area (Å²) in [6.07, 6.45) is 1.76. The monoisotopic (exact) mass is 451 g/mol.